The van der Waals surface area contributed by atoms with Crippen LogP contribution in [0.4, 0.5) is 5.82 Å². The van der Waals surface area contributed by atoms with E-state index in [0.29, 0.717) is 12.2 Å². The molecule has 1 aromatic rings. The summed E-state index contributed by atoms with van der Waals surface area (Å²) in [7, 11) is -3.32. The maximum Gasteiger partial charge on any atom is 0.240 e. The zero-order valence-electron chi connectivity index (χ0n) is 10.2. The fourth-order valence-corrected chi connectivity index (χ4v) is 2.82. The minimum atomic E-state index is -3.32. The average Bonchev–Trinajstić information content (AvgIpc) is 2.22. The molecule has 1 aromatic heterocycles. The molecule has 0 saturated heterocycles. The molecule has 0 aromatic carbocycles. The standard InChI is InChI=1S/C11H15BrN2O3S/c1-3-4-18(16,17)7-11(15)14-10-5-8(2)9(12)6-13-10/h5-6H,3-4,7H2,1-2H3,(H,13,14,15). The molecule has 0 aliphatic heterocycles. The average molecular weight is 335 g/mol. The predicted octanol–water partition coefficient (Wildman–Crippen LogP) is 1.92. The van der Waals surface area contributed by atoms with Crippen LogP contribution in [0, 0.1) is 6.92 Å². The number of sulfone groups is 1. The van der Waals surface area contributed by atoms with Gasteiger partial charge in [0.05, 0.1) is 5.75 Å². The first kappa shape index (κ1) is 15.1. The monoisotopic (exact) mass is 334 g/mol. The number of aromatic nitrogens is 1. The largest absolute Gasteiger partial charge is 0.310 e. The lowest BCUT2D eigenvalue weighted by Gasteiger charge is -2.06. The normalized spacial score (nSPS) is 11.3. The van der Waals surface area contributed by atoms with Crippen LogP contribution in [0.2, 0.25) is 0 Å². The van der Waals surface area contributed by atoms with Crippen LogP contribution in [0.3, 0.4) is 0 Å². The number of hydrogen-bond donors (Lipinski definition) is 1. The summed E-state index contributed by atoms with van der Waals surface area (Å²) in [6.07, 6.45) is 2.07. The third kappa shape index (κ3) is 4.73. The van der Waals surface area contributed by atoms with Gasteiger partial charge in [0.15, 0.2) is 9.84 Å². The number of amides is 1. The minimum Gasteiger partial charge on any atom is -0.310 e. The summed E-state index contributed by atoms with van der Waals surface area (Å²) in [5.74, 6) is -0.685. The van der Waals surface area contributed by atoms with E-state index in [2.05, 4.69) is 26.2 Å². The Bertz CT molecular complexity index is 543. The van der Waals surface area contributed by atoms with Gasteiger partial charge in [-0.2, -0.15) is 0 Å². The van der Waals surface area contributed by atoms with Gasteiger partial charge in [0.1, 0.15) is 11.6 Å². The van der Waals surface area contributed by atoms with Crippen molar-refractivity contribution in [2.24, 2.45) is 0 Å². The number of anilines is 1. The van der Waals surface area contributed by atoms with Gasteiger partial charge in [-0.05, 0) is 40.9 Å². The van der Waals surface area contributed by atoms with Crippen LogP contribution in [-0.4, -0.2) is 30.8 Å². The van der Waals surface area contributed by atoms with Gasteiger partial charge in [0.25, 0.3) is 0 Å². The highest BCUT2D eigenvalue weighted by molar-refractivity contribution is 9.10. The molecule has 0 spiro atoms. The van der Waals surface area contributed by atoms with Crippen molar-refractivity contribution in [1.29, 1.82) is 0 Å². The lowest BCUT2D eigenvalue weighted by atomic mass is 10.3. The SMILES string of the molecule is CCCS(=O)(=O)CC(=O)Nc1cc(C)c(Br)cn1. The summed E-state index contributed by atoms with van der Waals surface area (Å²) in [6.45, 7) is 3.62. The number of nitrogens with zero attached hydrogens (tertiary/aromatic N) is 1. The molecule has 0 fully saturated rings. The second kappa shape index (κ2) is 6.29. The van der Waals surface area contributed by atoms with E-state index in [1.54, 1.807) is 19.2 Å². The number of halogens is 1. The zero-order valence-corrected chi connectivity index (χ0v) is 12.6. The van der Waals surface area contributed by atoms with Gasteiger partial charge in [0, 0.05) is 10.7 Å². The van der Waals surface area contributed by atoms with Gasteiger partial charge in [-0.15, -0.1) is 0 Å². The number of carbonyl (C=O) groups is 1. The molecule has 100 valence electrons. The second-order valence-electron chi connectivity index (χ2n) is 3.96. The summed E-state index contributed by atoms with van der Waals surface area (Å²) in [5.41, 5.74) is 0.914. The molecule has 18 heavy (non-hydrogen) atoms. The molecule has 1 heterocycles. The van der Waals surface area contributed by atoms with Crippen molar-refractivity contribution < 1.29 is 13.2 Å². The molecule has 0 radical (unpaired) electrons. The molecule has 1 amide bonds. The van der Waals surface area contributed by atoms with Gasteiger partial charge in [-0.25, -0.2) is 13.4 Å². The van der Waals surface area contributed by atoms with E-state index in [1.165, 1.54) is 0 Å². The first-order valence-electron chi connectivity index (χ1n) is 5.46. The molecular weight excluding hydrogens is 320 g/mol. The van der Waals surface area contributed by atoms with E-state index in [1.807, 2.05) is 6.92 Å². The molecule has 1 N–H and O–H groups in total. The minimum absolute atomic E-state index is 0.0210. The Morgan fingerprint density at radius 3 is 2.72 bits per heavy atom. The molecule has 1 rings (SSSR count). The highest BCUT2D eigenvalue weighted by atomic mass is 79.9. The van der Waals surface area contributed by atoms with Crippen molar-refractivity contribution in [3.8, 4) is 0 Å². The van der Waals surface area contributed by atoms with Crippen LogP contribution in [-0.2, 0) is 14.6 Å². The molecule has 0 atom stereocenters. The predicted molar refractivity (Wildman–Crippen MR) is 74.2 cm³/mol. The summed E-state index contributed by atoms with van der Waals surface area (Å²) in [4.78, 5) is 15.5. The van der Waals surface area contributed by atoms with Crippen molar-refractivity contribution in [1.82, 2.24) is 4.98 Å². The fourth-order valence-electron chi connectivity index (χ4n) is 1.37. The van der Waals surface area contributed by atoms with E-state index in [-0.39, 0.29) is 5.75 Å². The quantitative estimate of drug-likeness (QED) is 0.892. The molecular formula is C11H15BrN2O3S. The number of pyridine rings is 1. The number of carbonyl (C=O) groups excluding carboxylic acids is 1. The van der Waals surface area contributed by atoms with Crippen molar-refractivity contribution in [2.75, 3.05) is 16.8 Å². The van der Waals surface area contributed by atoms with Crippen molar-refractivity contribution in [3.05, 3.63) is 22.3 Å². The highest BCUT2D eigenvalue weighted by Crippen LogP contribution is 2.17. The third-order valence-corrected chi connectivity index (χ3v) is 4.74. The van der Waals surface area contributed by atoms with Crippen molar-refractivity contribution >= 4 is 37.5 Å². The number of aryl methyl sites for hydroxylation is 1. The van der Waals surface area contributed by atoms with E-state index in [0.717, 1.165) is 10.0 Å². The topological polar surface area (TPSA) is 76.1 Å². The number of hydrogen-bond acceptors (Lipinski definition) is 4. The molecule has 0 saturated carbocycles. The zero-order chi connectivity index (χ0) is 13.8. The maximum atomic E-state index is 11.6. The summed E-state index contributed by atoms with van der Waals surface area (Å²) in [5, 5.41) is 2.47. The van der Waals surface area contributed by atoms with E-state index >= 15 is 0 Å². The number of rotatable bonds is 5. The Balaban J connectivity index is 2.68. The van der Waals surface area contributed by atoms with Crippen LogP contribution in [0.5, 0.6) is 0 Å². The fraction of sp³-hybridized carbons (Fsp3) is 0.455. The van der Waals surface area contributed by atoms with Crippen LogP contribution in [0.25, 0.3) is 0 Å². The van der Waals surface area contributed by atoms with Crippen LogP contribution in [0.1, 0.15) is 18.9 Å². The van der Waals surface area contributed by atoms with Gasteiger partial charge < -0.3 is 5.32 Å². The Morgan fingerprint density at radius 2 is 2.17 bits per heavy atom. The van der Waals surface area contributed by atoms with E-state index in [4.69, 9.17) is 0 Å². The maximum absolute atomic E-state index is 11.6. The highest BCUT2D eigenvalue weighted by Gasteiger charge is 2.16. The Kier molecular flexibility index (Phi) is 5.28. The lowest BCUT2D eigenvalue weighted by molar-refractivity contribution is -0.113. The van der Waals surface area contributed by atoms with E-state index < -0.39 is 21.5 Å². The van der Waals surface area contributed by atoms with Crippen molar-refractivity contribution in [3.63, 3.8) is 0 Å². The van der Waals surface area contributed by atoms with Crippen LogP contribution in [0.15, 0.2) is 16.7 Å². The van der Waals surface area contributed by atoms with Gasteiger partial charge in [-0.1, -0.05) is 6.92 Å². The molecule has 5 nitrogen and oxygen atoms in total. The van der Waals surface area contributed by atoms with Gasteiger partial charge in [0.2, 0.25) is 5.91 Å². The molecule has 7 heteroatoms. The van der Waals surface area contributed by atoms with Crippen LogP contribution < -0.4 is 5.32 Å². The van der Waals surface area contributed by atoms with E-state index in [9.17, 15) is 13.2 Å². The smallest absolute Gasteiger partial charge is 0.240 e. The summed E-state index contributed by atoms with van der Waals surface area (Å²) < 4.78 is 23.8. The van der Waals surface area contributed by atoms with Gasteiger partial charge in [-0.3, -0.25) is 4.79 Å². The first-order chi connectivity index (χ1) is 8.34. The second-order valence-corrected chi connectivity index (χ2v) is 7.00. The lowest BCUT2D eigenvalue weighted by Crippen LogP contribution is -2.25. The first-order valence-corrected chi connectivity index (χ1v) is 8.08. The van der Waals surface area contributed by atoms with Crippen molar-refractivity contribution in [2.45, 2.75) is 20.3 Å². The third-order valence-electron chi connectivity index (χ3n) is 2.18. The Morgan fingerprint density at radius 1 is 1.50 bits per heavy atom. The number of nitrogens with one attached hydrogen (secondary N) is 1. The Hall–Kier alpha value is -0.950. The summed E-state index contributed by atoms with van der Waals surface area (Å²) >= 11 is 3.29. The molecule has 0 bridgehead atoms. The van der Waals surface area contributed by atoms with Gasteiger partial charge >= 0.3 is 0 Å². The molecule has 0 unspecified atom stereocenters. The Labute approximate surface area is 115 Å². The summed E-state index contributed by atoms with van der Waals surface area (Å²) in [6, 6.07) is 1.68. The van der Waals surface area contributed by atoms with Crippen LogP contribution >= 0.6 is 15.9 Å². The molecule has 0 aliphatic carbocycles. The molecule has 0 aliphatic rings.